The predicted molar refractivity (Wildman–Crippen MR) is 119 cm³/mol. The molecule has 4 heterocycles. The summed E-state index contributed by atoms with van der Waals surface area (Å²) in [4.78, 5) is 44.6. The first-order chi connectivity index (χ1) is 16.2. The van der Waals surface area contributed by atoms with E-state index in [4.69, 9.17) is 0 Å². The molecule has 6 rings (SSSR count). The van der Waals surface area contributed by atoms with Crippen LogP contribution in [0.2, 0.25) is 0 Å². The van der Waals surface area contributed by atoms with Gasteiger partial charge in [-0.15, -0.1) is 0 Å². The Kier molecular flexibility index (Phi) is 5.20. The number of piperidine rings is 1. The van der Waals surface area contributed by atoms with Crippen LogP contribution in [0.5, 0.6) is 0 Å². The first-order valence-corrected chi connectivity index (χ1v) is 12.3. The average Bonchev–Trinajstić information content (AvgIpc) is 3.07. The topological polar surface area (TPSA) is 76.2 Å². The van der Waals surface area contributed by atoms with Crippen molar-refractivity contribution in [3.8, 4) is 0 Å². The molecule has 10 heteroatoms. The Bertz CT molecular complexity index is 991. The zero-order valence-corrected chi connectivity index (χ0v) is 19.4. The number of nitrogens with zero attached hydrogens (tertiary/aromatic N) is 4. The fraction of sp³-hybridized carbons (Fsp3) is 0.708. The van der Waals surface area contributed by atoms with Crippen molar-refractivity contribution in [1.29, 1.82) is 0 Å². The standard InChI is InChI=1S/C24H31F2N5O3/c1-28-12-24(13-28)9-14(10-24)29-4-6-30(7-5-29)21-17(25)8-15-16(20(21)26)11-31(23(15)34)18-2-3-19(32)27-22(18)33/h8,14,17-18,21H,2-7,9-13H2,1H3,(H,27,32,33). The predicted octanol–water partition coefficient (Wildman–Crippen LogP) is 0.216. The fourth-order valence-electron chi connectivity index (χ4n) is 7.08. The number of fused-ring (bicyclic) bond motifs is 1. The third kappa shape index (κ3) is 3.45. The monoisotopic (exact) mass is 475 g/mol. The number of rotatable bonds is 3. The van der Waals surface area contributed by atoms with Gasteiger partial charge in [0.15, 0.2) is 0 Å². The van der Waals surface area contributed by atoms with Gasteiger partial charge in [-0.05, 0) is 37.8 Å². The molecule has 0 radical (unpaired) electrons. The molecule has 3 atom stereocenters. The lowest BCUT2D eigenvalue weighted by Gasteiger charge is -2.61. The number of alkyl halides is 1. The molecule has 0 aromatic heterocycles. The number of nitrogens with one attached hydrogen (secondary N) is 1. The van der Waals surface area contributed by atoms with Gasteiger partial charge in [0.05, 0.1) is 12.6 Å². The number of halogens is 2. The van der Waals surface area contributed by atoms with Crippen LogP contribution in [0.4, 0.5) is 8.78 Å². The molecular weight excluding hydrogens is 444 g/mol. The van der Waals surface area contributed by atoms with E-state index in [0.717, 1.165) is 13.1 Å². The molecule has 8 nitrogen and oxygen atoms in total. The first kappa shape index (κ1) is 22.3. The molecule has 4 saturated heterocycles. The summed E-state index contributed by atoms with van der Waals surface area (Å²) in [5.41, 5.74) is 0.714. The van der Waals surface area contributed by atoms with Crippen molar-refractivity contribution in [2.24, 2.45) is 5.41 Å². The van der Waals surface area contributed by atoms with Crippen LogP contribution in [-0.2, 0) is 14.4 Å². The zero-order valence-electron chi connectivity index (χ0n) is 19.4. The van der Waals surface area contributed by atoms with Crippen LogP contribution >= 0.6 is 0 Å². The maximum atomic E-state index is 15.6. The van der Waals surface area contributed by atoms with Crippen LogP contribution in [0.15, 0.2) is 23.0 Å². The van der Waals surface area contributed by atoms with E-state index >= 15 is 8.78 Å². The van der Waals surface area contributed by atoms with Gasteiger partial charge in [0, 0.05) is 62.9 Å². The molecule has 34 heavy (non-hydrogen) atoms. The maximum absolute atomic E-state index is 15.6. The lowest BCUT2D eigenvalue weighted by molar-refractivity contribution is -0.142. The summed E-state index contributed by atoms with van der Waals surface area (Å²) in [5, 5.41) is 2.24. The molecule has 3 amide bonds. The van der Waals surface area contributed by atoms with Crippen LogP contribution in [0.1, 0.15) is 25.7 Å². The SMILES string of the molecule is CN1CC2(CC(N3CCN(C4C(F)=C5CN(C6CCC(=O)NC6=O)C(=O)C5=CC4F)CC3)C2)C1. The highest BCUT2D eigenvalue weighted by molar-refractivity contribution is 6.07. The Morgan fingerprint density at radius 1 is 1.06 bits per heavy atom. The van der Waals surface area contributed by atoms with Gasteiger partial charge in [0.1, 0.15) is 18.0 Å². The van der Waals surface area contributed by atoms with Crippen molar-refractivity contribution in [3.63, 3.8) is 0 Å². The molecule has 2 aliphatic carbocycles. The highest BCUT2D eigenvalue weighted by atomic mass is 19.1. The van der Waals surface area contributed by atoms with Crippen LogP contribution in [-0.4, -0.2) is 114 Å². The van der Waals surface area contributed by atoms with Gasteiger partial charge in [-0.3, -0.25) is 29.5 Å². The number of piperazine rings is 1. The molecule has 1 N–H and O–H groups in total. The molecule has 0 aromatic carbocycles. The lowest BCUT2D eigenvalue weighted by atomic mass is 9.60. The van der Waals surface area contributed by atoms with Gasteiger partial charge in [0.2, 0.25) is 11.8 Å². The number of amides is 3. The van der Waals surface area contributed by atoms with Gasteiger partial charge in [-0.2, -0.15) is 0 Å². The molecule has 5 fully saturated rings. The second kappa shape index (κ2) is 7.93. The zero-order chi connectivity index (χ0) is 23.8. The van der Waals surface area contributed by atoms with Crippen molar-refractivity contribution in [1.82, 2.24) is 24.9 Å². The summed E-state index contributed by atoms with van der Waals surface area (Å²) in [6.45, 7) is 5.05. The van der Waals surface area contributed by atoms with Gasteiger partial charge >= 0.3 is 0 Å². The van der Waals surface area contributed by atoms with E-state index in [1.54, 1.807) is 0 Å². The molecule has 6 aliphatic rings. The van der Waals surface area contributed by atoms with E-state index in [2.05, 4.69) is 22.2 Å². The van der Waals surface area contributed by atoms with Crippen LogP contribution < -0.4 is 5.32 Å². The van der Waals surface area contributed by atoms with Crippen molar-refractivity contribution in [2.45, 2.75) is 50.0 Å². The molecule has 1 spiro atoms. The quantitative estimate of drug-likeness (QED) is 0.589. The Morgan fingerprint density at radius 3 is 2.38 bits per heavy atom. The second-order valence-corrected chi connectivity index (χ2v) is 11.0. The summed E-state index contributed by atoms with van der Waals surface area (Å²) in [5.74, 6) is -2.07. The minimum Gasteiger partial charge on any atom is -0.322 e. The Hall–Kier alpha value is -2.17. The van der Waals surface area contributed by atoms with Crippen LogP contribution in [0.3, 0.4) is 0 Å². The number of hydrogen-bond donors (Lipinski definition) is 1. The van der Waals surface area contributed by atoms with Gasteiger partial charge in [0.25, 0.3) is 5.91 Å². The number of carbonyl (C=O) groups excluding carboxylic acids is 3. The van der Waals surface area contributed by atoms with Crippen molar-refractivity contribution in [3.05, 3.63) is 23.0 Å². The van der Waals surface area contributed by atoms with E-state index in [9.17, 15) is 14.4 Å². The molecule has 1 saturated carbocycles. The molecule has 0 aromatic rings. The van der Waals surface area contributed by atoms with Crippen molar-refractivity contribution < 1.29 is 23.2 Å². The van der Waals surface area contributed by atoms with Crippen LogP contribution in [0, 0.1) is 5.41 Å². The van der Waals surface area contributed by atoms with Gasteiger partial charge < -0.3 is 9.80 Å². The number of hydrogen-bond acceptors (Lipinski definition) is 6. The number of carbonyl (C=O) groups is 3. The largest absolute Gasteiger partial charge is 0.322 e. The second-order valence-electron chi connectivity index (χ2n) is 11.0. The summed E-state index contributed by atoms with van der Waals surface area (Å²) >= 11 is 0. The summed E-state index contributed by atoms with van der Waals surface area (Å²) in [6, 6.07) is -1.28. The fourth-order valence-corrected chi connectivity index (χ4v) is 7.08. The third-order valence-electron chi connectivity index (χ3n) is 8.71. The highest BCUT2D eigenvalue weighted by Crippen LogP contribution is 2.50. The van der Waals surface area contributed by atoms with Crippen molar-refractivity contribution in [2.75, 3.05) is 52.9 Å². The van der Waals surface area contributed by atoms with Gasteiger partial charge in [-0.1, -0.05) is 0 Å². The number of likely N-dealkylation sites (tertiary alicyclic amines) is 2. The van der Waals surface area contributed by atoms with Crippen LogP contribution in [0.25, 0.3) is 0 Å². The molecule has 184 valence electrons. The minimum absolute atomic E-state index is 0.0230. The normalized spacial score (nSPS) is 35.3. The van der Waals surface area contributed by atoms with Crippen molar-refractivity contribution >= 4 is 17.7 Å². The molecular formula is C24H31F2N5O3. The average molecular weight is 476 g/mol. The molecule has 0 bridgehead atoms. The van der Waals surface area contributed by atoms with E-state index < -0.39 is 35.9 Å². The Balaban J connectivity index is 1.12. The minimum atomic E-state index is -1.62. The highest BCUT2D eigenvalue weighted by Gasteiger charge is 2.53. The number of imide groups is 1. The smallest absolute Gasteiger partial charge is 0.255 e. The van der Waals surface area contributed by atoms with E-state index in [0.29, 0.717) is 24.5 Å². The molecule has 3 unspecified atom stereocenters. The molecule has 4 aliphatic heterocycles. The van der Waals surface area contributed by atoms with E-state index in [1.165, 1.54) is 36.9 Å². The maximum Gasteiger partial charge on any atom is 0.255 e. The summed E-state index contributed by atoms with van der Waals surface area (Å²) < 4.78 is 30.9. The Labute approximate surface area is 197 Å². The summed E-state index contributed by atoms with van der Waals surface area (Å²) in [7, 11) is 2.15. The van der Waals surface area contributed by atoms with Gasteiger partial charge in [-0.25, -0.2) is 8.78 Å². The first-order valence-electron chi connectivity index (χ1n) is 12.3. The third-order valence-corrected chi connectivity index (χ3v) is 8.71. The van der Waals surface area contributed by atoms with E-state index in [-0.39, 0.29) is 36.4 Å². The van der Waals surface area contributed by atoms with E-state index in [1.807, 2.05) is 4.90 Å². The Morgan fingerprint density at radius 2 is 1.74 bits per heavy atom. The lowest BCUT2D eigenvalue weighted by Crippen LogP contribution is -2.67. The summed E-state index contributed by atoms with van der Waals surface area (Å²) in [6.07, 6.45) is 2.37.